The third-order valence-corrected chi connectivity index (χ3v) is 4.10. The van der Waals surface area contributed by atoms with E-state index in [9.17, 15) is 4.79 Å². The number of H-pyrrole nitrogens is 1. The van der Waals surface area contributed by atoms with E-state index in [-0.39, 0.29) is 5.56 Å². The summed E-state index contributed by atoms with van der Waals surface area (Å²) in [5.74, 6) is 0. The summed E-state index contributed by atoms with van der Waals surface area (Å²) in [5, 5.41) is 0. The Hall–Kier alpha value is -1.85. The van der Waals surface area contributed by atoms with Crippen molar-refractivity contribution in [3.8, 4) is 0 Å². The number of thiazole rings is 1. The van der Waals surface area contributed by atoms with Crippen molar-refractivity contribution in [3.05, 3.63) is 49.4 Å². The van der Waals surface area contributed by atoms with E-state index in [1.165, 1.54) is 11.3 Å². The molecule has 4 nitrogen and oxygen atoms in total. The highest BCUT2D eigenvalue weighted by atomic mass is 32.1. The van der Waals surface area contributed by atoms with Gasteiger partial charge in [-0.2, -0.15) is 0 Å². The van der Waals surface area contributed by atoms with Gasteiger partial charge in [-0.1, -0.05) is 24.8 Å². The van der Waals surface area contributed by atoms with E-state index in [1.54, 1.807) is 0 Å². The molecule has 0 saturated heterocycles. The Balaban J connectivity index is 2.37. The van der Waals surface area contributed by atoms with Crippen LogP contribution in [0.15, 0.2) is 29.1 Å². The van der Waals surface area contributed by atoms with Crippen molar-refractivity contribution >= 4 is 29.7 Å². The molecule has 0 saturated carbocycles. The van der Waals surface area contributed by atoms with Crippen molar-refractivity contribution in [1.29, 1.82) is 0 Å². The van der Waals surface area contributed by atoms with Gasteiger partial charge >= 0.3 is 0 Å². The van der Waals surface area contributed by atoms with Crippen LogP contribution in [-0.2, 0) is 0 Å². The fraction of sp³-hybridized carbons (Fsp3) is 0.312. The lowest BCUT2D eigenvalue weighted by Gasteiger charge is -2.23. The Morgan fingerprint density at radius 2 is 1.95 bits per heavy atom. The number of nitrogens with zero attached hydrogens (tertiary/aromatic N) is 2. The van der Waals surface area contributed by atoms with Crippen LogP contribution in [0.2, 0.25) is 0 Å². The van der Waals surface area contributed by atoms with E-state index < -0.39 is 0 Å². The fourth-order valence-corrected chi connectivity index (χ4v) is 2.80. The first-order chi connectivity index (χ1) is 9.97. The van der Waals surface area contributed by atoms with Gasteiger partial charge in [0, 0.05) is 25.8 Å². The molecule has 2 rings (SSSR count). The van der Waals surface area contributed by atoms with Gasteiger partial charge in [-0.15, -0.1) is 11.3 Å². The molecule has 0 spiro atoms. The number of para-hydroxylation sites is 1. The molecule has 0 fully saturated rings. The topological polar surface area (TPSA) is 39.3 Å². The van der Waals surface area contributed by atoms with Crippen molar-refractivity contribution in [2.45, 2.75) is 0 Å². The predicted molar refractivity (Wildman–Crippen MR) is 91.5 cm³/mol. The summed E-state index contributed by atoms with van der Waals surface area (Å²) in [6, 6.07) is 8.12. The SMILES string of the molecule is C=c1[nH]c(=O)/c(=C/c2ccccc2N(C)CCN(C)C)s1. The minimum Gasteiger partial charge on any atom is -0.373 e. The zero-order valence-electron chi connectivity index (χ0n) is 12.7. The number of nitrogens with one attached hydrogen (secondary N) is 1. The maximum atomic E-state index is 11.8. The molecule has 2 aromatic rings. The molecule has 0 bridgehead atoms. The number of aromatic nitrogens is 1. The smallest absolute Gasteiger partial charge is 0.266 e. The summed E-state index contributed by atoms with van der Waals surface area (Å²) < 4.78 is 1.37. The zero-order chi connectivity index (χ0) is 15.4. The highest BCUT2D eigenvalue weighted by Gasteiger charge is 2.06. The van der Waals surface area contributed by atoms with Gasteiger partial charge in [-0.3, -0.25) is 4.79 Å². The summed E-state index contributed by atoms with van der Waals surface area (Å²) >= 11 is 1.39. The molecule has 1 aromatic heterocycles. The Labute approximate surface area is 128 Å². The molecule has 112 valence electrons. The summed E-state index contributed by atoms with van der Waals surface area (Å²) in [6.07, 6.45) is 1.93. The third kappa shape index (κ3) is 4.06. The number of rotatable bonds is 5. The Kier molecular flexibility index (Phi) is 4.98. The molecule has 0 atom stereocenters. The molecule has 5 heteroatoms. The molecule has 0 aliphatic carbocycles. The van der Waals surface area contributed by atoms with Crippen molar-refractivity contribution in [2.24, 2.45) is 0 Å². The average molecular weight is 303 g/mol. The Morgan fingerprint density at radius 3 is 2.57 bits per heavy atom. The summed E-state index contributed by atoms with van der Waals surface area (Å²) in [6.45, 7) is 5.69. The maximum absolute atomic E-state index is 11.8. The number of hydrogen-bond donors (Lipinski definition) is 1. The van der Waals surface area contributed by atoms with E-state index in [4.69, 9.17) is 0 Å². The molecule has 0 unspecified atom stereocenters. The van der Waals surface area contributed by atoms with Crippen LogP contribution < -0.4 is 19.7 Å². The standard InChI is InChI=1S/C16H21N3OS/c1-12-17-16(20)15(21-12)11-13-7-5-6-8-14(13)19(4)10-9-18(2)3/h5-8,11H,1,9-10H2,2-4H3,(H,17,20)/b15-11-. The molecule has 1 N–H and O–H groups in total. The van der Waals surface area contributed by atoms with Crippen LogP contribution >= 0.6 is 11.3 Å². The highest BCUT2D eigenvalue weighted by molar-refractivity contribution is 7.07. The second kappa shape index (κ2) is 6.74. The lowest BCUT2D eigenvalue weighted by atomic mass is 10.1. The molecule has 0 amide bonds. The van der Waals surface area contributed by atoms with Crippen LogP contribution in [0.3, 0.4) is 0 Å². The molecule has 0 aliphatic rings. The predicted octanol–water partition coefficient (Wildman–Crippen LogP) is 0.673. The fourth-order valence-electron chi connectivity index (χ4n) is 2.06. The largest absolute Gasteiger partial charge is 0.373 e. The van der Waals surface area contributed by atoms with Crippen LogP contribution in [0.4, 0.5) is 5.69 Å². The number of likely N-dealkylation sites (N-methyl/N-ethyl adjacent to an activating group) is 2. The molecule has 0 aliphatic heterocycles. The van der Waals surface area contributed by atoms with Crippen molar-refractivity contribution in [2.75, 3.05) is 39.1 Å². The highest BCUT2D eigenvalue weighted by Crippen LogP contribution is 2.19. The van der Waals surface area contributed by atoms with Gasteiger partial charge in [0.2, 0.25) is 0 Å². The van der Waals surface area contributed by atoms with Crippen LogP contribution in [0.5, 0.6) is 0 Å². The average Bonchev–Trinajstić information content (AvgIpc) is 2.75. The normalized spacial score (nSPS) is 12.1. The van der Waals surface area contributed by atoms with E-state index in [1.807, 2.05) is 24.3 Å². The Bertz CT molecular complexity index is 760. The molecule has 1 heterocycles. The minimum atomic E-state index is -0.0734. The first kappa shape index (κ1) is 15.5. The third-order valence-electron chi connectivity index (χ3n) is 3.23. The van der Waals surface area contributed by atoms with Crippen LogP contribution in [0.1, 0.15) is 5.56 Å². The number of benzene rings is 1. The summed E-state index contributed by atoms with van der Waals surface area (Å²) in [5.41, 5.74) is 2.10. The number of anilines is 1. The van der Waals surface area contributed by atoms with E-state index >= 15 is 0 Å². The molecular weight excluding hydrogens is 282 g/mol. The maximum Gasteiger partial charge on any atom is 0.266 e. The monoisotopic (exact) mass is 303 g/mol. The van der Waals surface area contributed by atoms with Crippen LogP contribution in [-0.4, -0.2) is 44.1 Å². The molecule has 1 aromatic carbocycles. The lowest BCUT2D eigenvalue weighted by molar-refractivity contribution is 0.416. The van der Waals surface area contributed by atoms with E-state index in [0.29, 0.717) is 9.20 Å². The lowest BCUT2D eigenvalue weighted by Crippen LogP contribution is -2.29. The Morgan fingerprint density at radius 1 is 1.24 bits per heavy atom. The van der Waals surface area contributed by atoms with Gasteiger partial charge in [0.1, 0.15) is 0 Å². The number of aromatic amines is 1. The van der Waals surface area contributed by atoms with Crippen molar-refractivity contribution < 1.29 is 0 Å². The molecule has 21 heavy (non-hydrogen) atoms. The van der Waals surface area contributed by atoms with Gasteiger partial charge in [-0.25, -0.2) is 0 Å². The second-order valence-electron chi connectivity index (χ2n) is 5.27. The first-order valence-electron chi connectivity index (χ1n) is 6.82. The van der Waals surface area contributed by atoms with Gasteiger partial charge in [-0.05, 0) is 31.8 Å². The second-order valence-corrected chi connectivity index (χ2v) is 6.41. The van der Waals surface area contributed by atoms with E-state index in [2.05, 4.69) is 48.6 Å². The quantitative estimate of drug-likeness (QED) is 0.883. The van der Waals surface area contributed by atoms with Gasteiger partial charge < -0.3 is 14.8 Å². The van der Waals surface area contributed by atoms with Gasteiger partial charge in [0.05, 0.1) is 9.20 Å². The number of hydrogen-bond acceptors (Lipinski definition) is 4. The van der Waals surface area contributed by atoms with E-state index in [0.717, 1.165) is 24.3 Å². The van der Waals surface area contributed by atoms with Crippen LogP contribution in [0.25, 0.3) is 12.7 Å². The summed E-state index contributed by atoms with van der Waals surface area (Å²) in [7, 11) is 6.20. The van der Waals surface area contributed by atoms with Gasteiger partial charge in [0.25, 0.3) is 5.56 Å². The zero-order valence-corrected chi connectivity index (χ0v) is 13.5. The van der Waals surface area contributed by atoms with Gasteiger partial charge in [0.15, 0.2) is 0 Å². The van der Waals surface area contributed by atoms with Crippen LogP contribution in [0, 0.1) is 0 Å². The summed E-state index contributed by atoms with van der Waals surface area (Å²) in [4.78, 5) is 18.9. The molecular formula is C16H21N3OS. The van der Waals surface area contributed by atoms with Crippen molar-refractivity contribution in [3.63, 3.8) is 0 Å². The molecule has 0 radical (unpaired) electrons. The first-order valence-corrected chi connectivity index (χ1v) is 7.63. The minimum absolute atomic E-state index is 0.0734. The van der Waals surface area contributed by atoms with Crippen molar-refractivity contribution in [1.82, 2.24) is 9.88 Å².